The van der Waals surface area contributed by atoms with Gasteiger partial charge in [0.1, 0.15) is 17.0 Å². The number of nitrogens with zero attached hydrogens (tertiary/aromatic N) is 4. The van der Waals surface area contributed by atoms with Crippen LogP contribution >= 0.6 is 0 Å². The summed E-state index contributed by atoms with van der Waals surface area (Å²) >= 11 is 0. The fourth-order valence-electron chi connectivity index (χ4n) is 9.96. The molecule has 5 fully saturated rings. The smallest absolute Gasteiger partial charge is 0.329 e. The van der Waals surface area contributed by atoms with Crippen LogP contribution in [0.4, 0.5) is 17.6 Å². The number of carboxylic acids is 1. The molecule has 10 nitrogen and oxygen atoms in total. The first kappa shape index (κ1) is 36.2. The second kappa shape index (κ2) is 13.5. The predicted molar refractivity (Wildman–Crippen MR) is 187 cm³/mol. The Bertz CT molecular complexity index is 1880. The van der Waals surface area contributed by atoms with Gasteiger partial charge in [0.2, 0.25) is 0 Å². The van der Waals surface area contributed by atoms with E-state index in [1.54, 1.807) is 0 Å². The standard InChI is InChI=1S/C39H47F4N5O5/c1-22-13-23-15-24(14-22)39(17-23,36(50)51)46-35(49)30-18-44-34(45-33(30)37(2,40)41)31-19-48(26-9-11-52-12-10-26)32-16-28(7-8-29(31)32)53-27-5-3-25(4-6-27)47-20-38(42,43)21-47/h7-8,16,18-19,22-27H,3-6,9-15,17,20-21H2,1-2H3,(H,46,49)(H,50,51)/t22?,23?,24?,25-,27-,39?. The molecule has 2 bridgehead atoms. The van der Waals surface area contributed by atoms with E-state index in [2.05, 4.69) is 26.8 Å². The highest BCUT2D eigenvalue weighted by Crippen LogP contribution is 2.51. The zero-order valence-electron chi connectivity index (χ0n) is 30.1. The first-order chi connectivity index (χ1) is 25.2. The summed E-state index contributed by atoms with van der Waals surface area (Å²) in [6, 6.07) is 5.86. The molecule has 4 heterocycles. The molecule has 3 aliphatic carbocycles. The van der Waals surface area contributed by atoms with Crippen molar-refractivity contribution in [3.63, 3.8) is 0 Å². The van der Waals surface area contributed by atoms with Crippen LogP contribution in [-0.2, 0) is 15.5 Å². The first-order valence-electron chi connectivity index (χ1n) is 19.0. The number of rotatable bonds is 9. The van der Waals surface area contributed by atoms with Gasteiger partial charge < -0.3 is 24.5 Å². The molecular formula is C39H47F4N5O5. The van der Waals surface area contributed by atoms with Gasteiger partial charge in [-0.15, -0.1) is 0 Å². The van der Waals surface area contributed by atoms with Gasteiger partial charge in [-0.25, -0.2) is 23.5 Å². The van der Waals surface area contributed by atoms with Crippen molar-refractivity contribution in [2.75, 3.05) is 26.3 Å². The fourth-order valence-corrected chi connectivity index (χ4v) is 9.96. The van der Waals surface area contributed by atoms with Crippen LogP contribution in [0.2, 0.25) is 0 Å². The number of aliphatic carboxylic acids is 1. The van der Waals surface area contributed by atoms with Crippen LogP contribution < -0.4 is 10.1 Å². The number of carboxylic acid groups (broad SMARTS) is 1. The number of amides is 1. The Labute approximate surface area is 305 Å². The number of ether oxygens (including phenoxy) is 2. The number of carbonyl (C=O) groups excluding carboxylic acids is 1. The molecule has 5 aliphatic rings. The van der Waals surface area contributed by atoms with Gasteiger partial charge in [0.25, 0.3) is 17.8 Å². The van der Waals surface area contributed by atoms with E-state index >= 15 is 8.78 Å². The number of nitrogens with one attached hydrogen (secondary N) is 1. The molecule has 3 aromatic rings. The highest BCUT2D eigenvalue weighted by molar-refractivity contribution is 6.00. The van der Waals surface area contributed by atoms with E-state index in [1.165, 1.54) is 0 Å². The number of alkyl halides is 4. The van der Waals surface area contributed by atoms with Crippen molar-refractivity contribution in [3.05, 3.63) is 41.9 Å². The van der Waals surface area contributed by atoms with Gasteiger partial charge in [-0.05, 0) is 94.1 Å². The van der Waals surface area contributed by atoms with E-state index < -0.39 is 40.5 Å². The van der Waals surface area contributed by atoms with Crippen LogP contribution in [0.3, 0.4) is 0 Å². The monoisotopic (exact) mass is 741 g/mol. The van der Waals surface area contributed by atoms with E-state index in [0.717, 1.165) is 62.0 Å². The minimum atomic E-state index is -3.53. The normalized spacial score (nSPS) is 30.6. The zero-order chi connectivity index (χ0) is 37.3. The van der Waals surface area contributed by atoms with E-state index in [-0.39, 0.29) is 55.4 Å². The van der Waals surface area contributed by atoms with Gasteiger partial charge in [0.05, 0.1) is 30.3 Å². The molecule has 2 N–H and O–H groups in total. The van der Waals surface area contributed by atoms with E-state index in [9.17, 15) is 23.5 Å². The molecule has 53 heavy (non-hydrogen) atoms. The van der Waals surface area contributed by atoms with Gasteiger partial charge in [-0.1, -0.05) is 6.92 Å². The second-order valence-electron chi connectivity index (χ2n) is 16.4. The third kappa shape index (κ3) is 6.90. The number of aromatic nitrogens is 3. The molecule has 4 atom stereocenters. The third-order valence-electron chi connectivity index (χ3n) is 12.5. The second-order valence-corrected chi connectivity index (χ2v) is 16.4. The molecule has 2 saturated heterocycles. The first-order valence-corrected chi connectivity index (χ1v) is 19.0. The molecule has 4 unspecified atom stereocenters. The maximum atomic E-state index is 15.4. The molecule has 0 spiro atoms. The Balaban J connectivity index is 1.08. The summed E-state index contributed by atoms with van der Waals surface area (Å²) < 4.78 is 71.7. The molecule has 2 aromatic heterocycles. The number of hydrogen-bond donors (Lipinski definition) is 2. The number of benzene rings is 1. The number of hydrogen-bond acceptors (Lipinski definition) is 7. The van der Waals surface area contributed by atoms with Crippen LogP contribution in [0, 0.1) is 17.8 Å². The maximum Gasteiger partial charge on any atom is 0.329 e. The van der Waals surface area contributed by atoms with E-state index in [0.29, 0.717) is 50.2 Å². The third-order valence-corrected chi connectivity index (χ3v) is 12.5. The predicted octanol–water partition coefficient (Wildman–Crippen LogP) is 7.21. The molecule has 14 heteroatoms. The lowest BCUT2D eigenvalue weighted by atomic mass is 9.78. The van der Waals surface area contributed by atoms with Crippen LogP contribution in [0.15, 0.2) is 30.6 Å². The number of carbonyl (C=O) groups is 2. The van der Waals surface area contributed by atoms with E-state index in [4.69, 9.17) is 9.47 Å². The van der Waals surface area contributed by atoms with E-state index in [1.807, 2.05) is 29.3 Å². The summed E-state index contributed by atoms with van der Waals surface area (Å²) in [7, 11) is 0. The molecule has 2 aliphatic heterocycles. The van der Waals surface area contributed by atoms with Crippen molar-refractivity contribution in [1.29, 1.82) is 0 Å². The Hall–Kier alpha value is -3.78. The van der Waals surface area contributed by atoms with Crippen LogP contribution in [0.25, 0.3) is 22.3 Å². The molecule has 1 amide bonds. The average molecular weight is 742 g/mol. The quantitative estimate of drug-likeness (QED) is 0.221. The molecule has 0 radical (unpaired) electrons. The Kier molecular flexibility index (Phi) is 9.23. The van der Waals surface area contributed by atoms with Crippen molar-refractivity contribution in [3.8, 4) is 17.1 Å². The summed E-state index contributed by atoms with van der Waals surface area (Å²) in [6.07, 6.45) is 9.95. The summed E-state index contributed by atoms with van der Waals surface area (Å²) in [5, 5.41) is 13.8. The maximum absolute atomic E-state index is 15.4. The summed E-state index contributed by atoms with van der Waals surface area (Å²) in [6.45, 7) is 3.55. The largest absolute Gasteiger partial charge is 0.490 e. The Morgan fingerprint density at radius 1 is 1.04 bits per heavy atom. The van der Waals surface area contributed by atoms with Gasteiger partial charge in [0.15, 0.2) is 5.82 Å². The number of likely N-dealkylation sites (tertiary alicyclic amines) is 1. The topological polar surface area (TPSA) is 119 Å². The van der Waals surface area contributed by atoms with Crippen LogP contribution in [0.1, 0.15) is 100 Å². The summed E-state index contributed by atoms with van der Waals surface area (Å²) in [5.41, 5.74) is -1.41. The minimum Gasteiger partial charge on any atom is -0.490 e. The van der Waals surface area contributed by atoms with Crippen molar-refractivity contribution < 1.29 is 41.7 Å². The van der Waals surface area contributed by atoms with Gasteiger partial charge in [0, 0.05) is 61.6 Å². The van der Waals surface area contributed by atoms with Crippen LogP contribution in [0.5, 0.6) is 5.75 Å². The van der Waals surface area contributed by atoms with Gasteiger partial charge in [-0.2, -0.15) is 8.78 Å². The van der Waals surface area contributed by atoms with Crippen LogP contribution in [-0.4, -0.2) is 86.3 Å². The van der Waals surface area contributed by atoms with Crippen molar-refractivity contribution >= 4 is 22.8 Å². The fraction of sp³-hybridized carbons (Fsp3) is 0.641. The lowest BCUT2D eigenvalue weighted by Crippen LogP contribution is -2.60. The Morgan fingerprint density at radius 2 is 1.77 bits per heavy atom. The highest BCUT2D eigenvalue weighted by atomic mass is 19.3. The lowest BCUT2D eigenvalue weighted by molar-refractivity contribution is -0.151. The average Bonchev–Trinajstić information content (AvgIpc) is 3.61. The van der Waals surface area contributed by atoms with Crippen molar-refractivity contribution in [2.24, 2.45) is 17.8 Å². The highest BCUT2D eigenvalue weighted by Gasteiger charge is 2.56. The molecule has 3 saturated carbocycles. The zero-order valence-corrected chi connectivity index (χ0v) is 30.1. The van der Waals surface area contributed by atoms with Gasteiger partial charge in [-0.3, -0.25) is 9.69 Å². The van der Waals surface area contributed by atoms with Gasteiger partial charge >= 0.3 is 5.97 Å². The molecule has 1 aromatic carbocycles. The molecular weight excluding hydrogens is 694 g/mol. The lowest BCUT2D eigenvalue weighted by Gasteiger charge is -2.46. The number of halogens is 4. The molecule has 286 valence electrons. The minimum absolute atomic E-state index is 0.0240. The number of fused-ring (bicyclic) bond motifs is 3. The summed E-state index contributed by atoms with van der Waals surface area (Å²) in [4.78, 5) is 37.1. The molecule has 8 rings (SSSR count). The van der Waals surface area contributed by atoms with Crippen molar-refractivity contribution in [2.45, 2.75) is 114 Å². The SMILES string of the molecule is CC1CC2CC(C1)C(NC(=O)c1cnc(-c3cn(C4CCOCC4)c4cc(O[C@H]5CC[C@H](N6CC(F)(F)C6)CC5)ccc34)nc1C(C)(F)F)(C(=O)O)C2. The van der Waals surface area contributed by atoms with Crippen molar-refractivity contribution in [1.82, 2.24) is 24.8 Å². The Morgan fingerprint density at radius 3 is 2.45 bits per heavy atom. The summed E-state index contributed by atoms with van der Waals surface area (Å²) in [5.74, 6) is -7.33.